The van der Waals surface area contributed by atoms with Crippen LogP contribution in [-0.2, 0) is 5.75 Å². The molecule has 0 fully saturated rings. The van der Waals surface area contributed by atoms with Crippen LogP contribution in [0.5, 0.6) is 5.75 Å². The van der Waals surface area contributed by atoms with Crippen LogP contribution >= 0.6 is 23.5 Å². The lowest BCUT2D eigenvalue weighted by atomic mass is 10.1. The maximum atomic E-state index is 6.05. The molecule has 5 nitrogen and oxygen atoms in total. The van der Waals surface area contributed by atoms with Crippen molar-refractivity contribution in [1.82, 2.24) is 10.6 Å². The van der Waals surface area contributed by atoms with Gasteiger partial charge in [0.2, 0.25) is 0 Å². The molecule has 1 aromatic carbocycles. The highest BCUT2D eigenvalue weighted by atomic mass is 32.2. The summed E-state index contributed by atoms with van der Waals surface area (Å²) in [5.41, 5.74) is 2.73. The molecule has 0 spiro atoms. The zero-order chi connectivity index (χ0) is 18.3. The highest BCUT2D eigenvalue weighted by Crippen LogP contribution is 2.26. The SMILES string of the molecule is C1=C(CSC2=NCCN2)CCC(Oc2ccc(CSC3=NCCN3)cc2)=C1. The number of thioether (sulfide) groups is 2. The van der Waals surface area contributed by atoms with Gasteiger partial charge in [-0.15, -0.1) is 0 Å². The molecule has 0 aromatic heterocycles. The minimum absolute atomic E-state index is 0.894. The van der Waals surface area contributed by atoms with Crippen molar-refractivity contribution in [3.8, 4) is 5.75 Å². The first-order valence-electron chi connectivity index (χ1n) is 9.33. The van der Waals surface area contributed by atoms with Gasteiger partial charge < -0.3 is 15.4 Å². The molecular formula is C20H24N4OS2. The summed E-state index contributed by atoms with van der Waals surface area (Å²) in [5.74, 6) is 3.87. The van der Waals surface area contributed by atoms with Crippen molar-refractivity contribution in [2.24, 2.45) is 9.98 Å². The Labute approximate surface area is 168 Å². The number of benzene rings is 1. The van der Waals surface area contributed by atoms with Crippen molar-refractivity contribution < 1.29 is 4.74 Å². The number of amidine groups is 2. The van der Waals surface area contributed by atoms with Crippen molar-refractivity contribution in [3.05, 3.63) is 53.3 Å². The molecule has 2 aliphatic heterocycles. The number of rotatable bonds is 6. The monoisotopic (exact) mass is 400 g/mol. The molecule has 0 saturated carbocycles. The van der Waals surface area contributed by atoms with Crippen molar-refractivity contribution in [2.75, 3.05) is 31.9 Å². The van der Waals surface area contributed by atoms with Crippen molar-refractivity contribution >= 4 is 33.9 Å². The molecule has 7 heteroatoms. The van der Waals surface area contributed by atoms with E-state index < -0.39 is 0 Å². The molecule has 1 aliphatic carbocycles. The molecule has 0 amide bonds. The second-order valence-electron chi connectivity index (χ2n) is 6.51. The second-order valence-corrected chi connectivity index (χ2v) is 8.44. The largest absolute Gasteiger partial charge is 0.462 e. The molecule has 142 valence electrons. The van der Waals surface area contributed by atoms with E-state index in [0.717, 1.165) is 72.4 Å². The van der Waals surface area contributed by atoms with E-state index in [-0.39, 0.29) is 0 Å². The molecule has 0 bridgehead atoms. The van der Waals surface area contributed by atoms with Gasteiger partial charge in [-0.25, -0.2) is 0 Å². The molecule has 2 N–H and O–H groups in total. The fourth-order valence-corrected chi connectivity index (χ4v) is 4.76. The molecule has 27 heavy (non-hydrogen) atoms. The van der Waals surface area contributed by atoms with Gasteiger partial charge in [0.15, 0.2) is 10.3 Å². The predicted octanol–water partition coefficient (Wildman–Crippen LogP) is 3.55. The minimum Gasteiger partial charge on any atom is -0.462 e. The summed E-state index contributed by atoms with van der Waals surface area (Å²) in [6.45, 7) is 3.74. The second kappa shape index (κ2) is 9.37. The number of allylic oxidation sites excluding steroid dienone is 3. The number of nitrogens with one attached hydrogen (secondary N) is 2. The maximum Gasteiger partial charge on any atom is 0.157 e. The van der Waals surface area contributed by atoms with E-state index in [1.807, 2.05) is 0 Å². The Balaban J connectivity index is 1.24. The number of nitrogens with zero attached hydrogens (tertiary/aromatic N) is 2. The fourth-order valence-electron chi connectivity index (χ4n) is 2.93. The van der Waals surface area contributed by atoms with Crippen LogP contribution in [0.4, 0.5) is 0 Å². The summed E-state index contributed by atoms with van der Waals surface area (Å²) in [5, 5.41) is 8.72. The molecule has 0 saturated heterocycles. The van der Waals surface area contributed by atoms with Gasteiger partial charge in [0.25, 0.3) is 0 Å². The number of ether oxygens (including phenoxy) is 1. The summed E-state index contributed by atoms with van der Waals surface area (Å²) in [6.07, 6.45) is 6.31. The van der Waals surface area contributed by atoms with Crippen LogP contribution in [0.2, 0.25) is 0 Å². The van der Waals surface area contributed by atoms with Crippen LogP contribution in [0.1, 0.15) is 18.4 Å². The zero-order valence-electron chi connectivity index (χ0n) is 15.2. The zero-order valence-corrected chi connectivity index (χ0v) is 16.9. The topological polar surface area (TPSA) is 58.0 Å². The summed E-state index contributed by atoms with van der Waals surface area (Å²) in [4.78, 5) is 8.83. The molecule has 0 unspecified atom stereocenters. The average molecular weight is 401 g/mol. The van der Waals surface area contributed by atoms with E-state index in [1.165, 1.54) is 11.1 Å². The van der Waals surface area contributed by atoms with Gasteiger partial charge in [0.05, 0.1) is 13.1 Å². The Bertz CT molecular complexity index is 784. The first-order valence-corrected chi connectivity index (χ1v) is 11.3. The van der Waals surface area contributed by atoms with Gasteiger partial charge in [-0.2, -0.15) is 0 Å². The van der Waals surface area contributed by atoms with E-state index in [9.17, 15) is 0 Å². The third kappa shape index (κ3) is 5.56. The summed E-state index contributed by atoms with van der Waals surface area (Å²) >= 11 is 3.55. The normalized spacial score (nSPS) is 18.8. The molecule has 0 radical (unpaired) electrons. The van der Waals surface area contributed by atoms with Gasteiger partial charge in [-0.1, -0.05) is 47.3 Å². The van der Waals surface area contributed by atoms with Gasteiger partial charge >= 0.3 is 0 Å². The van der Waals surface area contributed by atoms with Crippen LogP contribution in [0.25, 0.3) is 0 Å². The Morgan fingerprint density at radius 1 is 0.852 bits per heavy atom. The van der Waals surface area contributed by atoms with Crippen LogP contribution < -0.4 is 15.4 Å². The van der Waals surface area contributed by atoms with Crippen molar-refractivity contribution in [3.63, 3.8) is 0 Å². The lowest BCUT2D eigenvalue weighted by molar-refractivity contribution is 0.401. The number of aliphatic imine (C=N–C) groups is 2. The molecule has 2 heterocycles. The molecule has 4 rings (SSSR count). The Kier molecular flexibility index (Phi) is 6.42. The molecule has 0 atom stereocenters. The average Bonchev–Trinajstić information content (AvgIpc) is 3.41. The standard InChI is InChI=1S/C20H24N4OS2/c1-5-17(6-2-15(1)13-26-19-21-9-10-22-19)25-18-7-3-16(4-8-18)14-27-20-23-11-12-24-20/h1-3,5-7H,4,8-14H2,(H,21,22)(H,23,24). The van der Waals surface area contributed by atoms with Crippen molar-refractivity contribution in [2.45, 2.75) is 18.6 Å². The van der Waals surface area contributed by atoms with E-state index in [1.54, 1.807) is 23.5 Å². The van der Waals surface area contributed by atoms with Gasteiger partial charge in [0, 0.05) is 31.0 Å². The minimum atomic E-state index is 0.894. The Hall–Kier alpha value is -1.86. The van der Waals surface area contributed by atoms with Crippen molar-refractivity contribution in [1.29, 1.82) is 0 Å². The van der Waals surface area contributed by atoms with Crippen LogP contribution in [0.3, 0.4) is 0 Å². The predicted molar refractivity (Wildman–Crippen MR) is 117 cm³/mol. The summed E-state index contributed by atoms with van der Waals surface area (Å²) < 4.78 is 6.05. The van der Waals surface area contributed by atoms with Gasteiger partial charge in [-0.05, 0) is 30.2 Å². The first-order chi connectivity index (χ1) is 13.3. The van der Waals surface area contributed by atoms with E-state index in [0.29, 0.717) is 0 Å². The third-order valence-electron chi connectivity index (χ3n) is 4.43. The van der Waals surface area contributed by atoms with Crippen LogP contribution in [0.15, 0.2) is 57.7 Å². The molecule has 1 aromatic rings. The van der Waals surface area contributed by atoms with E-state index in [2.05, 4.69) is 57.0 Å². The van der Waals surface area contributed by atoms with E-state index >= 15 is 0 Å². The molecule has 3 aliphatic rings. The van der Waals surface area contributed by atoms with Crippen LogP contribution in [0, 0.1) is 0 Å². The fraction of sp³-hybridized carbons (Fsp3) is 0.400. The highest BCUT2D eigenvalue weighted by Gasteiger charge is 2.12. The third-order valence-corrected chi connectivity index (χ3v) is 6.51. The quantitative estimate of drug-likeness (QED) is 0.765. The summed E-state index contributed by atoms with van der Waals surface area (Å²) in [7, 11) is 0. The van der Waals surface area contributed by atoms with Crippen LogP contribution in [-0.4, -0.2) is 42.3 Å². The Morgan fingerprint density at radius 2 is 1.56 bits per heavy atom. The first kappa shape index (κ1) is 18.5. The summed E-state index contributed by atoms with van der Waals surface area (Å²) in [6, 6.07) is 8.38. The smallest absolute Gasteiger partial charge is 0.157 e. The molecular weight excluding hydrogens is 376 g/mol. The number of hydrogen-bond acceptors (Lipinski definition) is 7. The highest BCUT2D eigenvalue weighted by molar-refractivity contribution is 8.14. The maximum absolute atomic E-state index is 6.05. The Morgan fingerprint density at radius 3 is 2.15 bits per heavy atom. The lowest BCUT2D eigenvalue weighted by Crippen LogP contribution is -2.15. The number of hydrogen-bond donors (Lipinski definition) is 2. The van der Waals surface area contributed by atoms with Gasteiger partial charge in [-0.3, -0.25) is 9.98 Å². The van der Waals surface area contributed by atoms with E-state index in [4.69, 9.17) is 4.74 Å². The lowest BCUT2D eigenvalue weighted by Gasteiger charge is -2.16. The van der Waals surface area contributed by atoms with Gasteiger partial charge in [0.1, 0.15) is 11.5 Å².